The lowest BCUT2D eigenvalue weighted by molar-refractivity contribution is -0.138. The first kappa shape index (κ1) is 15.0. The summed E-state index contributed by atoms with van der Waals surface area (Å²) in [5.41, 5.74) is -1.10. The predicted octanol–water partition coefficient (Wildman–Crippen LogP) is 3.77. The molecule has 1 N–H and O–H groups in total. The van der Waals surface area contributed by atoms with E-state index in [2.05, 4.69) is 5.32 Å². The van der Waals surface area contributed by atoms with Crippen molar-refractivity contribution in [3.63, 3.8) is 0 Å². The van der Waals surface area contributed by atoms with Gasteiger partial charge < -0.3 is 5.32 Å². The second kappa shape index (κ2) is 5.95. The summed E-state index contributed by atoms with van der Waals surface area (Å²) in [6.45, 7) is -0.331. The first-order valence-electron chi connectivity index (χ1n) is 6.07. The lowest BCUT2D eigenvalue weighted by atomic mass is 10.1. The summed E-state index contributed by atoms with van der Waals surface area (Å²) in [6, 6.07) is 10.2. The van der Waals surface area contributed by atoms with E-state index >= 15 is 0 Å². The Hall–Kier alpha value is -2.37. The molecule has 0 aliphatic heterocycles. The van der Waals surface area contributed by atoms with Gasteiger partial charge in [-0.1, -0.05) is 30.3 Å². The maximum atomic E-state index is 13.4. The molecule has 0 spiro atoms. The highest BCUT2D eigenvalue weighted by atomic mass is 19.4. The number of carbonyl (C=O) groups excluding carboxylic acids is 1. The first-order chi connectivity index (χ1) is 9.89. The van der Waals surface area contributed by atoms with Gasteiger partial charge in [-0.3, -0.25) is 4.79 Å². The van der Waals surface area contributed by atoms with E-state index in [1.54, 1.807) is 0 Å². The Morgan fingerprint density at radius 2 is 1.62 bits per heavy atom. The highest BCUT2D eigenvalue weighted by Crippen LogP contribution is 2.31. The van der Waals surface area contributed by atoms with Crippen LogP contribution in [0.15, 0.2) is 48.5 Å². The molecule has 0 saturated carbocycles. The standard InChI is InChI=1S/C15H11F4NO/c16-13-8-4-2-6-11(13)14(21)20-9-10-5-1-3-7-12(10)15(17,18)19/h1-8H,9H2,(H,20,21). The van der Waals surface area contributed by atoms with E-state index in [1.165, 1.54) is 36.4 Å². The summed E-state index contributed by atoms with van der Waals surface area (Å²) in [7, 11) is 0. The molecule has 0 aliphatic carbocycles. The van der Waals surface area contributed by atoms with Crippen LogP contribution in [0.25, 0.3) is 0 Å². The van der Waals surface area contributed by atoms with Crippen molar-refractivity contribution < 1.29 is 22.4 Å². The van der Waals surface area contributed by atoms with Crippen LogP contribution in [0.2, 0.25) is 0 Å². The Kier molecular flexibility index (Phi) is 4.26. The summed E-state index contributed by atoms with van der Waals surface area (Å²) in [6.07, 6.45) is -4.50. The number of amides is 1. The molecule has 0 saturated heterocycles. The average molecular weight is 297 g/mol. The molecule has 0 bridgehead atoms. The predicted molar refractivity (Wildman–Crippen MR) is 69.0 cm³/mol. The highest BCUT2D eigenvalue weighted by Gasteiger charge is 2.32. The molecular weight excluding hydrogens is 286 g/mol. The number of alkyl halides is 3. The molecule has 0 fully saturated rings. The van der Waals surface area contributed by atoms with E-state index in [0.29, 0.717) is 0 Å². The molecule has 2 aromatic carbocycles. The van der Waals surface area contributed by atoms with Crippen molar-refractivity contribution in [3.05, 3.63) is 71.0 Å². The molecule has 0 atom stereocenters. The fraction of sp³-hybridized carbons (Fsp3) is 0.133. The summed E-state index contributed by atoms with van der Waals surface area (Å²) in [5, 5.41) is 2.29. The van der Waals surface area contributed by atoms with Gasteiger partial charge in [0.1, 0.15) is 5.82 Å². The van der Waals surface area contributed by atoms with Crippen molar-refractivity contribution in [1.82, 2.24) is 5.32 Å². The number of hydrogen-bond donors (Lipinski definition) is 1. The van der Waals surface area contributed by atoms with Crippen LogP contribution in [0, 0.1) is 5.82 Å². The van der Waals surface area contributed by atoms with Crippen molar-refractivity contribution >= 4 is 5.91 Å². The van der Waals surface area contributed by atoms with E-state index < -0.39 is 23.5 Å². The van der Waals surface area contributed by atoms with Crippen LogP contribution in [0.5, 0.6) is 0 Å². The zero-order valence-electron chi connectivity index (χ0n) is 10.7. The number of benzene rings is 2. The quantitative estimate of drug-likeness (QED) is 0.858. The maximum absolute atomic E-state index is 13.4. The van der Waals surface area contributed by atoms with E-state index in [0.717, 1.165) is 12.1 Å². The molecule has 0 unspecified atom stereocenters. The molecule has 2 rings (SSSR count). The Bertz CT molecular complexity index is 652. The van der Waals surface area contributed by atoms with E-state index in [1.807, 2.05) is 0 Å². The Labute approximate surface area is 118 Å². The van der Waals surface area contributed by atoms with Gasteiger partial charge >= 0.3 is 6.18 Å². The third-order valence-electron chi connectivity index (χ3n) is 2.88. The van der Waals surface area contributed by atoms with Crippen molar-refractivity contribution in [2.24, 2.45) is 0 Å². The molecule has 6 heteroatoms. The molecular formula is C15H11F4NO. The van der Waals surface area contributed by atoms with Crippen LogP contribution in [0.1, 0.15) is 21.5 Å². The van der Waals surface area contributed by atoms with Crippen molar-refractivity contribution in [2.75, 3.05) is 0 Å². The smallest absolute Gasteiger partial charge is 0.348 e. The van der Waals surface area contributed by atoms with Crippen molar-refractivity contribution in [3.8, 4) is 0 Å². The third-order valence-corrected chi connectivity index (χ3v) is 2.88. The summed E-state index contributed by atoms with van der Waals surface area (Å²) in [5.74, 6) is -1.48. The summed E-state index contributed by atoms with van der Waals surface area (Å²) < 4.78 is 51.8. The molecule has 0 radical (unpaired) electrons. The second-order valence-corrected chi connectivity index (χ2v) is 4.32. The second-order valence-electron chi connectivity index (χ2n) is 4.32. The summed E-state index contributed by atoms with van der Waals surface area (Å²) >= 11 is 0. The van der Waals surface area contributed by atoms with Gasteiger partial charge in [-0.05, 0) is 23.8 Å². The van der Waals surface area contributed by atoms with E-state index in [-0.39, 0.29) is 17.7 Å². The molecule has 0 aromatic heterocycles. The number of carbonyl (C=O) groups is 1. The van der Waals surface area contributed by atoms with Gasteiger partial charge in [0.2, 0.25) is 0 Å². The lowest BCUT2D eigenvalue weighted by Gasteiger charge is -2.13. The topological polar surface area (TPSA) is 29.1 Å². The SMILES string of the molecule is O=C(NCc1ccccc1C(F)(F)F)c1ccccc1F. The van der Waals surface area contributed by atoms with Crippen LogP contribution < -0.4 is 5.32 Å². The Morgan fingerprint density at radius 1 is 1.00 bits per heavy atom. The first-order valence-corrected chi connectivity index (χ1v) is 6.07. The van der Waals surface area contributed by atoms with Gasteiger partial charge in [0, 0.05) is 6.54 Å². The van der Waals surface area contributed by atoms with Crippen molar-refractivity contribution in [1.29, 1.82) is 0 Å². The fourth-order valence-electron chi connectivity index (χ4n) is 1.87. The number of hydrogen-bond acceptors (Lipinski definition) is 1. The normalized spacial score (nSPS) is 11.2. The molecule has 2 nitrogen and oxygen atoms in total. The minimum Gasteiger partial charge on any atom is -0.348 e. The lowest BCUT2D eigenvalue weighted by Crippen LogP contribution is -2.25. The van der Waals surface area contributed by atoms with Crippen LogP contribution >= 0.6 is 0 Å². The third kappa shape index (κ3) is 3.59. The van der Waals surface area contributed by atoms with Gasteiger partial charge in [0.15, 0.2) is 0 Å². The fourth-order valence-corrected chi connectivity index (χ4v) is 1.87. The zero-order chi connectivity index (χ0) is 15.5. The molecule has 110 valence electrons. The maximum Gasteiger partial charge on any atom is 0.416 e. The summed E-state index contributed by atoms with van der Waals surface area (Å²) in [4.78, 5) is 11.8. The van der Waals surface area contributed by atoms with Gasteiger partial charge in [-0.2, -0.15) is 13.2 Å². The average Bonchev–Trinajstić information content (AvgIpc) is 2.44. The van der Waals surface area contributed by atoms with Gasteiger partial charge in [0.05, 0.1) is 11.1 Å². The largest absolute Gasteiger partial charge is 0.416 e. The van der Waals surface area contributed by atoms with Crippen LogP contribution in [0.4, 0.5) is 17.6 Å². The zero-order valence-corrected chi connectivity index (χ0v) is 10.7. The van der Waals surface area contributed by atoms with Crippen LogP contribution in [-0.2, 0) is 12.7 Å². The molecule has 0 heterocycles. The van der Waals surface area contributed by atoms with Gasteiger partial charge in [0.25, 0.3) is 5.91 Å². The molecule has 1 amide bonds. The van der Waals surface area contributed by atoms with Crippen molar-refractivity contribution in [2.45, 2.75) is 12.7 Å². The minimum absolute atomic E-state index is 0.0744. The van der Waals surface area contributed by atoms with Crippen LogP contribution in [0.3, 0.4) is 0 Å². The molecule has 0 aliphatic rings. The molecule has 21 heavy (non-hydrogen) atoms. The number of rotatable bonds is 3. The molecule has 2 aromatic rings. The van der Waals surface area contributed by atoms with Crippen LogP contribution in [-0.4, -0.2) is 5.91 Å². The Balaban J connectivity index is 2.14. The van der Waals surface area contributed by atoms with Gasteiger partial charge in [-0.25, -0.2) is 4.39 Å². The number of nitrogens with one attached hydrogen (secondary N) is 1. The van der Waals surface area contributed by atoms with E-state index in [9.17, 15) is 22.4 Å². The minimum atomic E-state index is -4.50. The van der Waals surface area contributed by atoms with E-state index in [4.69, 9.17) is 0 Å². The Morgan fingerprint density at radius 3 is 2.29 bits per heavy atom. The number of halogens is 4. The van der Waals surface area contributed by atoms with Gasteiger partial charge in [-0.15, -0.1) is 0 Å². The monoisotopic (exact) mass is 297 g/mol. The highest BCUT2D eigenvalue weighted by molar-refractivity contribution is 5.94.